The van der Waals surface area contributed by atoms with E-state index in [2.05, 4.69) is 4.84 Å². The van der Waals surface area contributed by atoms with Gasteiger partial charge < -0.3 is 14.3 Å². The molecule has 0 unspecified atom stereocenters. The number of carbonyl (C=O) groups is 2. The van der Waals surface area contributed by atoms with Crippen LogP contribution in [0.25, 0.3) is 0 Å². The third-order valence-corrected chi connectivity index (χ3v) is 3.44. The standard InChI is InChI=1S/C19H27NO7/c1-19(2,3)27-18(22)13-16(12-15-8-5-4-6-9-15)14-25-17(21)10-7-11-26-20(23)24/h4-6,8-9,16H,7,10-14H2,1-3H3/t16-/m1/s1. The maximum atomic E-state index is 12.1. The number of hydrogen-bond acceptors (Lipinski definition) is 7. The molecule has 0 aliphatic heterocycles. The van der Waals surface area contributed by atoms with Gasteiger partial charge in [-0.2, -0.15) is 0 Å². The fourth-order valence-electron chi connectivity index (χ4n) is 2.39. The van der Waals surface area contributed by atoms with Gasteiger partial charge in [-0.3, -0.25) is 9.59 Å². The first kappa shape index (κ1) is 22.4. The van der Waals surface area contributed by atoms with E-state index in [1.54, 1.807) is 20.8 Å². The summed E-state index contributed by atoms with van der Waals surface area (Å²) in [5, 5.41) is 9.16. The molecule has 1 atom stereocenters. The molecule has 0 bridgehead atoms. The van der Waals surface area contributed by atoms with E-state index in [-0.39, 0.29) is 44.4 Å². The second-order valence-corrected chi connectivity index (χ2v) is 7.19. The molecule has 0 heterocycles. The summed E-state index contributed by atoms with van der Waals surface area (Å²) in [6.07, 6.45) is 0.898. The fraction of sp³-hybridized carbons (Fsp3) is 0.579. The Morgan fingerprint density at radius 2 is 1.81 bits per heavy atom. The third kappa shape index (κ3) is 11.6. The van der Waals surface area contributed by atoms with E-state index in [4.69, 9.17) is 9.47 Å². The molecule has 8 nitrogen and oxygen atoms in total. The zero-order valence-electron chi connectivity index (χ0n) is 16.0. The Hall–Kier alpha value is -2.64. The molecule has 0 fully saturated rings. The van der Waals surface area contributed by atoms with Crippen molar-refractivity contribution in [2.75, 3.05) is 13.2 Å². The van der Waals surface area contributed by atoms with Crippen LogP contribution in [0, 0.1) is 16.0 Å². The van der Waals surface area contributed by atoms with Crippen molar-refractivity contribution in [2.45, 2.75) is 52.1 Å². The molecule has 0 saturated carbocycles. The van der Waals surface area contributed by atoms with Crippen LogP contribution < -0.4 is 0 Å². The van der Waals surface area contributed by atoms with Gasteiger partial charge in [-0.25, -0.2) is 0 Å². The minimum absolute atomic E-state index is 0.0122. The number of hydrogen-bond donors (Lipinski definition) is 0. The minimum Gasteiger partial charge on any atom is -0.465 e. The van der Waals surface area contributed by atoms with Crippen LogP contribution in [-0.2, 0) is 30.3 Å². The lowest BCUT2D eigenvalue weighted by atomic mass is 9.97. The number of benzene rings is 1. The van der Waals surface area contributed by atoms with Crippen LogP contribution in [0.15, 0.2) is 30.3 Å². The van der Waals surface area contributed by atoms with E-state index >= 15 is 0 Å². The summed E-state index contributed by atoms with van der Waals surface area (Å²) in [6.45, 7) is 5.30. The molecule has 8 heteroatoms. The van der Waals surface area contributed by atoms with Gasteiger partial charge in [0, 0.05) is 12.3 Å². The van der Waals surface area contributed by atoms with Gasteiger partial charge in [-0.05, 0) is 39.2 Å². The van der Waals surface area contributed by atoms with Crippen molar-refractivity contribution in [3.63, 3.8) is 0 Å². The Bertz CT molecular complexity index is 610. The number of nitrogens with zero attached hydrogens (tertiary/aromatic N) is 1. The van der Waals surface area contributed by atoms with Crippen LogP contribution in [0.1, 0.15) is 45.6 Å². The minimum atomic E-state index is -0.901. The lowest BCUT2D eigenvalue weighted by Gasteiger charge is -2.22. The second kappa shape index (κ2) is 11.2. The highest BCUT2D eigenvalue weighted by molar-refractivity contribution is 5.71. The summed E-state index contributed by atoms with van der Waals surface area (Å²) in [5.74, 6) is -1.05. The zero-order valence-corrected chi connectivity index (χ0v) is 16.0. The van der Waals surface area contributed by atoms with Crippen molar-refractivity contribution in [3.8, 4) is 0 Å². The third-order valence-electron chi connectivity index (χ3n) is 3.44. The van der Waals surface area contributed by atoms with Gasteiger partial charge in [0.25, 0.3) is 5.09 Å². The average molecular weight is 381 g/mol. The van der Waals surface area contributed by atoms with Crippen molar-refractivity contribution in [2.24, 2.45) is 5.92 Å². The molecule has 0 aliphatic rings. The highest BCUT2D eigenvalue weighted by Crippen LogP contribution is 2.17. The van der Waals surface area contributed by atoms with Crippen LogP contribution in [0.4, 0.5) is 0 Å². The summed E-state index contributed by atoms with van der Waals surface area (Å²) in [4.78, 5) is 38.1. The number of carbonyl (C=O) groups excluding carboxylic acids is 2. The first-order valence-electron chi connectivity index (χ1n) is 8.84. The maximum absolute atomic E-state index is 12.1. The summed E-state index contributed by atoms with van der Waals surface area (Å²) < 4.78 is 10.6. The Labute approximate surface area is 158 Å². The summed E-state index contributed by atoms with van der Waals surface area (Å²) >= 11 is 0. The van der Waals surface area contributed by atoms with Gasteiger partial charge in [-0.1, -0.05) is 30.3 Å². The summed E-state index contributed by atoms with van der Waals surface area (Å²) in [6, 6.07) is 9.60. The summed E-state index contributed by atoms with van der Waals surface area (Å²) in [5.41, 5.74) is 0.448. The van der Waals surface area contributed by atoms with Gasteiger partial charge in [0.2, 0.25) is 0 Å². The topological polar surface area (TPSA) is 105 Å². The molecule has 1 rings (SSSR count). The zero-order chi connectivity index (χ0) is 20.3. The molecule has 0 N–H and O–H groups in total. The molecule has 1 aromatic rings. The van der Waals surface area contributed by atoms with Crippen LogP contribution in [-0.4, -0.2) is 35.8 Å². The largest absolute Gasteiger partial charge is 0.465 e. The molecule has 150 valence electrons. The van der Waals surface area contributed by atoms with Crippen molar-refractivity contribution in [3.05, 3.63) is 46.0 Å². The van der Waals surface area contributed by atoms with Gasteiger partial charge in [0.1, 0.15) is 5.60 Å². The van der Waals surface area contributed by atoms with E-state index < -0.39 is 16.7 Å². The average Bonchev–Trinajstić information content (AvgIpc) is 2.55. The van der Waals surface area contributed by atoms with Crippen molar-refractivity contribution in [1.29, 1.82) is 0 Å². The first-order chi connectivity index (χ1) is 12.7. The molecule has 1 aromatic carbocycles. The van der Waals surface area contributed by atoms with E-state index in [1.165, 1.54) is 0 Å². The van der Waals surface area contributed by atoms with E-state index in [9.17, 15) is 19.7 Å². The van der Waals surface area contributed by atoms with Gasteiger partial charge in [0.05, 0.1) is 19.6 Å². The molecule has 0 radical (unpaired) electrons. The molecule has 0 aromatic heterocycles. The highest BCUT2D eigenvalue weighted by Gasteiger charge is 2.22. The van der Waals surface area contributed by atoms with Crippen LogP contribution in [0.2, 0.25) is 0 Å². The molecule has 0 aliphatic carbocycles. The maximum Gasteiger partial charge on any atom is 0.306 e. The Morgan fingerprint density at radius 3 is 2.41 bits per heavy atom. The predicted octanol–water partition coefficient (Wildman–Crippen LogP) is 3.11. The van der Waals surface area contributed by atoms with Crippen molar-refractivity contribution in [1.82, 2.24) is 0 Å². The van der Waals surface area contributed by atoms with Crippen LogP contribution in [0.5, 0.6) is 0 Å². The second-order valence-electron chi connectivity index (χ2n) is 7.19. The van der Waals surface area contributed by atoms with Gasteiger partial charge >= 0.3 is 11.9 Å². The molecule has 0 spiro atoms. The number of ether oxygens (including phenoxy) is 2. The van der Waals surface area contributed by atoms with Gasteiger partial charge in [0.15, 0.2) is 0 Å². The Balaban J connectivity index is 2.53. The monoisotopic (exact) mass is 381 g/mol. The van der Waals surface area contributed by atoms with Crippen LogP contribution in [0.3, 0.4) is 0 Å². The number of esters is 2. The lowest BCUT2D eigenvalue weighted by Crippen LogP contribution is -2.27. The normalized spacial score (nSPS) is 12.1. The SMILES string of the molecule is CC(C)(C)OC(=O)C[C@H](COC(=O)CCCO[N+](=O)[O-])Cc1ccccc1. The van der Waals surface area contributed by atoms with Crippen molar-refractivity contribution < 1.29 is 29.0 Å². The highest BCUT2D eigenvalue weighted by atomic mass is 16.9. The summed E-state index contributed by atoms with van der Waals surface area (Å²) in [7, 11) is 0. The van der Waals surface area contributed by atoms with E-state index in [0.29, 0.717) is 6.42 Å². The smallest absolute Gasteiger partial charge is 0.306 e. The first-order valence-corrected chi connectivity index (χ1v) is 8.84. The Morgan fingerprint density at radius 1 is 1.15 bits per heavy atom. The number of rotatable bonds is 11. The molecule has 0 amide bonds. The lowest BCUT2D eigenvalue weighted by molar-refractivity contribution is -0.757. The van der Waals surface area contributed by atoms with E-state index in [1.807, 2.05) is 30.3 Å². The molecule has 0 saturated heterocycles. The van der Waals surface area contributed by atoms with Crippen LogP contribution >= 0.6 is 0 Å². The van der Waals surface area contributed by atoms with Gasteiger partial charge in [-0.15, -0.1) is 10.1 Å². The predicted molar refractivity (Wildman–Crippen MR) is 97.2 cm³/mol. The Kier molecular flexibility index (Phi) is 9.25. The molecular formula is C19H27NO7. The fourth-order valence-corrected chi connectivity index (χ4v) is 2.39. The quantitative estimate of drug-likeness (QED) is 0.251. The van der Waals surface area contributed by atoms with E-state index in [0.717, 1.165) is 5.56 Å². The molecule has 27 heavy (non-hydrogen) atoms. The van der Waals surface area contributed by atoms with Crippen molar-refractivity contribution >= 4 is 11.9 Å². The molecular weight excluding hydrogens is 354 g/mol.